The summed E-state index contributed by atoms with van der Waals surface area (Å²) < 4.78 is 5.67. The molecule has 1 saturated carbocycles. The maximum Gasteiger partial charge on any atom is 0.216 e. The summed E-state index contributed by atoms with van der Waals surface area (Å²) in [5.74, 6) is 0.929. The summed E-state index contributed by atoms with van der Waals surface area (Å²) in [5.41, 5.74) is 3.63. The number of thiol groups is 1. The van der Waals surface area contributed by atoms with Crippen molar-refractivity contribution in [3.63, 3.8) is 0 Å². The number of hydrogen-bond acceptors (Lipinski definition) is 6. The fourth-order valence-electron chi connectivity index (χ4n) is 3.44. The van der Waals surface area contributed by atoms with E-state index in [2.05, 4.69) is 39.7 Å². The van der Waals surface area contributed by atoms with E-state index in [9.17, 15) is 5.26 Å². The molecule has 3 unspecified atom stereocenters. The van der Waals surface area contributed by atoms with Gasteiger partial charge in [-0.25, -0.2) is 15.0 Å². The van der Waals surface area contributed by atoms with Crippen molar-refractivity contribution in [2.24, 2.45) is 10.9 Å². The third-order valence-electron chi connectivity index (χ3n) is 4.63. The molecule has 1 aromatic rings. The van der Waals surface area contributed by atoms with E-state index in [0.717, 1.165) is 29.6 Å². The molecular weight excluding hydrogens is 320 g/mol. The molecule has 3 heterocycles. The van der Waals surface area contributed by atoms with Gasteiger partial charge in [0.15, 0.2) is 0 Å². The van der Waals surface area contributed by atoms with Crippen LogP contribution in [-0.2, 0) is 4.74 Å². The maximum absolute atomic E-state index is 9.59. The minimum Gasteiger partial charge on any atom is -0.473 e. The number of aromatic nitrogens is 2. The van der Waals surface area contributed by atoms with Crippen LogP contribution in [0, 0.1) is 17.2 Å². The predicted octanol–water partition coefficient (Wildman–Crippen LogP) is 3.10. The van der Waals surface area contributed by atoms with Crippen molar-refractivity contribution >= 4 is 24.4 Å². The molecule has 0 saturated heterocycles. The average molecular weight is 336 g/mol. The lowest BCUT2D eigenvalue weighted by molar-refractivity contribution is 0.129. The van der Waals surface area contributed by atoms with Gasteiger partial charge in [0.25, 0.3) is 0 Å². The molecule has 3 atom stereocenters. The number of fused-ring (bicyclic) bond motifs is 2. The van der Waals surface area contributed by atoms with Crippen molar-refractivity contribution in [3.8, 4) is 6.07 Å². The maximum atomic E-state index is 9.59. The van der Waals surface area contributed by atoms with Crippen molar-refractivity contribution in [2.45, 2.75) is 30.6 Å². The highest BCUT2D eigenvalue weighted by Gasteiger charge is 2.43. The Morgan fingerprint density at radius 1 is 1.38 bits per heavy atom. The first kappa shape index (κ1) is 15.2. The summed E-state index contributed by atoms with van der Waals surface area (Å²) in [6.45, 7) is 1.99. The van der Waals surface area contributed by atoms with Gasteiger partial charge in [0.1, 0.15) is 12.4 Å². The second-order valence-electron chi connectivity index (χ2n) is 6.47. The highest BCUT2D eigenvalue weighted by Crippen LogP contribution is 2.48. The minimum atomic E-state index is -0.375. The molecule has 2 aliphatic heterocycles. The summed E-state index contributed by atoms with van der Waals surface area (Å²) >= 11 is 4.56. The first-order chi connectivity index (χ1) is 11.6. The van der Waals surface area contributed by atoms with Crippen LogP contribution < -0.4 is 0 Å². The molecule has 120 valence electrons. The van der Waals surface area contributed by atoms with Gasteiger partial charge in [0, 0.05) is 42.1 Å². The zero-order valence-electron chi connectivity index (χ0n) is 13.2. The fraction of sp³-hybridized carbons (Fsp3) is 0.333. The summed E-state index contributed by atoms with van der Waals surface area (Å²) in [4.78, 5) is 12.5. The number of nitriles is 1. The van der Waals surface area contributed by atoms with E-state index in [1.807, 2.05) is 13.0 Å². The van der Waals surface area contributed by atoms with Crippen LogP contribution in [0.25, 0.3) is 5.57 Å². The van der Waals surface area contributed by atoms with Gasteiger partial charge in [-0.2, -0.15) is 17.9 Å². The Labute approximate surface area is 145 Å². The summed E-state index contributed by atoms with van der Waals surface area (Å²) in [6.07, 6.45) is 12.3. The minimum absolute atomic E-state index is 0.0454. The number of ether oxygens (including phenoxy) is 1. The molecule has 5 nitrogen and oxygen atoms in total. The van der Waals surface area contributed by atoms with E-state index in [1.54, 1.807) is 18.6 Å². The van der Waals surface area contributed by atoms with Gasteiger partial charge in [-0.15, -0.1) is 0 Å². The molecule has 4 rings (SSSR count). The SMILES string of the molecule is CC1(S)C=CC2=C(N=C1)OC1C/C(=C(/C#N)c3cncnc3)CC21. The molecule has 24 heavy (non-hydrogen) atoms. The van der Waals surface area contributed by atoms with E-state index >= 15 is 0 Å². The zero-order chi connectivity index (χ0) is 16.7. The normalized spacial score (nSPS) is 32.7. The van der Waals surface area contributed by atoms with Crippen LogP contribution in [0.1, 0.15) is 25.3 Å². The van der Waals surface area contributed by atoms with Gasteiger partial charge in [-0.05, 0) is 18.9 Å². The molecule has 1 fully saturated rings. The van der Waals surface area contributed by atoms with Crippen LogP contribution in [0.4, 0.5) is 0 Å². The molecule has 0 spiro atoms. The van der Waals surface area contributed by atoms with Crippen LogP contribution >= 0.6 is 12.6 Å². The highest BCUT2D eigenvalue weighted by molar-refractivity contribution is 7.82. The predicted molar refractivity (Wildman–Crippen MR) is 94.2 cm³/mol. The third-order valence-corrected chi connectivity index (χ3v) is 4.89. The number of rotatable bonds is 1. The zero-order valence-corrected chi connectivity index (χ0v) is 14.1. The van der Waals surface area contributed by atoms with Crippen molar-refractivity contribution < 1.29 is 4.74 Å². The molecule has 0 bridgehead atoms. The van der Waals surface area contributed by atoms with Gasteiger partial charge in [0.2, 0.25) is 5.88 Å². The van der Waals surface area contributed by atoms with Crippen molar-refractivity contribution in [3.05, 3.63) is 53.5 Å². The molecule has 0 N–H and O–H groups in total. The molecule has 1 aliphatic carbocycles. The van der Waals surface area contributed by atoms with Gasteiger partial charge in [-0.3, -0.25) is 0 Å². The van der Waals surface area contributed by atoms with Crippen LogP contribution in [0.2, 0.25) is 0 Å². The molecule has 3 aliphatic rings. The fourth-order valence-corrected chi connectivity index (χ4v) is 3.57. The number of hydrogen-bond donors (Lipinski definition) is 1. The Bertz CT molecular complexity index is 846. The van der Waals surface area contributed by atoms with E-state index in [0.29, 0.717) is 11.5 Å². The third kappa shape index (κ3) is 2.55. The Morgan fingerprint density at radius 3 is 2.92 bits per heavy atom. The number of allylic oxidation sites excluding steroid dienone is 2. The van der Waals surface area contributed by atoms with E-state index in [1.165, 1.54) is 6.33 Å². The van der Waals surface area contributed by atoms with Crippen molar-refractivity contribution in [2.75, 3.05) is 0 Å². The lowest BCUT2D eigenvalue weighted by atomic mass is 9.95. The van der Waals surface area contributed by atoms with E-state index < -0.39 is 0 Å². The van der Waals surface area contributed by atoms with E-state index in [-0.39, 0.29) is 16.8 Å². The quantitative estimate of drug-likeness (QED) is 0.632. The number of aliphatic imine (C=N–C) groups is 1. The van der Waals surface area contributed by atoms with Crippen LogP contribution in [0.5, 0.6) is 0 Å². The number of nitrogens with zero attached hydrogens (tertiary/aromatic N) is 4. The summed E-state index contributed by atoms with van der Waals surface area (Å²) in [6, 6.07) is 2.32. The van der Waals surface area contributed by atoms with Gasteiger partial charge in [-0.1, -0.05) is 12.2 Å². The molecule has 6 heteroatoms. The Kier molecular flexibility index (Phi) is 3.54. The first-order valence-corrected chi connectivity index (χ1v) is 8.27. The Balaban J connectivity index is 1.67. The van der Waals surface area contributed by atoms with Crippen molar-refractivity contribution in [1.29, 1.82) is 5.26 Å². The van der Waals surface area contributed by atoms with Crippen molar-refractivity contribution in [1.82, 2.24) is 9.97 Å². The second-order valence-corrected chi connectivity index (χ2v) is 7.43. The topological polar surface area (TPSA) is 71.2 Å². The van der Waals surface area contributed by atoms with Gasteiger partial charge in [0.05, 0.1) is 16.4 Å². The second kappa shape index (κ2) is 5.60. The Hall–Kier alpha value is -2.39. The molecule has 0 radical (unpaired) electrons. The average Bonchev–Trinajstić information content (AvgIpc) is 3.06. The lowest BCUT2D eigenvalue weighted by Gasteiger charge is -2.13. The highest BCUT2D eigenvalue weighted by atomic mass is 32.1. The van der Waals surface area contributed by atoms with E-state index in [4.69, 9.17) is 4.74 Å². The van der Waals surface area contributed by atoms with Gasteiger partial charge >= 0.3 is 0 Å². The molecule has 0 aromatic carbocycles. The largest absolute Gasteiger partial charge is 0.473 e. The molecule has 1 aromatic heterocycles. The van der Waals surface area contributed by atoms with Crippen LogP contribution in [0.3, 0.4) is 0 Å². The summed E-state index contributed by atoms with van der Waals surface area (Å²) in [5, 5.41) is 9.59. The van der Waals surface area contributed by atoms with Gasteiger partial charge < -0.3 is 4.74 Å². The monoisotopic (exact) mass is 336 g/mol. The van der Waals surface area contributed by atoms with Crippen LogP contribution in [-0.4, -0.2) is 27.0 Å². The summed E-state index contributed by atoms with van der Waals surface area (Å²) in [7, 11) is 0. The lowest BCUT2D eigenvalue weighted by Crippen LogP contribution is -2.15. The Morgan fingerprint density at radius 2 is 2.17 bits per heavy atom. The van der Waals surface area contributed by atoms with Crippen LogP contribution in [0.15, 0.2) is 52.9 Å². The standard InChI is InChI=1S/C18H16N4OS/c1-18(24)3-2-13-14-4-11(5-16(14)23-17(13)22-9-18)15(6-19)12-7-20-10-21-8-12/h2-3,7-10,14,16,24H,4-5H2,1H3/b15-11-. The molecular formula is C18H16N4OS. The smallest absolute Gasteiger partial charge is 0.216 e. The first-order valence-electron chi connectivity index (χ1n) is 7.82. The molecule has 0 amide bonds.